The highest BCUT2D eigenvalue weighted by Crippen LogP contribution is 2.29. The van der Waals surface area contributed by atoms with Gasteiger partial charge in [-0.05, 0) is 53.4 Å². The average Bonchev–Trinajstić information content (AvgIpc) is 3.05. The van der Waals surface area contributed by atoms with Gasteiger partial charge in [0.1, 0.15) is 6.04 Å². The van der Waals surface area contributed by atoms with E-state index in [9.17, 15) is 18.3 Å². The Hall–Kier alpha value is -2.38. The fraction of sp³-hybridized carbons (Fsp3) is 0.211. The second kappa shape index (κ2) is 7.47. The molecule has 26 heavy (non-hydrogen) atoms. The first-order chi connectivity index (χ1) is 12.4. The van der Waals surface area contributed by atoms with Crippen LogP contribution in [0.4, 0.5) is 5.69 Å². The van der Waals surface area contributed by atoms with E-state index in [-0.39, 0.29) is 6.42 Å². The molecule has 0 saturated carbocycles. The SMILES string of the molecule is CS(=O)(=O)N(c1ccc2sccc2c1)C(CCc1ccccc1)C(=O)O. The number of carboxylic acid groups (broad SMARTS) is 1. The molecule has 0 spiro atoms. The van der Waals surface area contributed by atoms with Gasteiger partial charge in [0, 0.05) is 4.70 Å². The molecule has 3 rings (SSSR count). The van der Waals surface area contributed by atoms with Crippen LogP contribution in [0.5, 0.6) is 0 Å². The molecule has 7 heteroatoms. The van der Waals surface area contributed by atoms with Crippen LogP contribution in [-0.4, -0.2) is 31.8 Å². The summed E-state index contributed by atoms with van der Waals surface area (Å²) in [4.78, 5) is 11.9. The number of carboxylic acids is 1. The van der Waals surface area contributed by atoms with Gasteiger partial charge < -0.3 is 5.11 Å². The molecular weight excluding hydrogens is 370 g/mol. The first-order valence-corrected chi connectivity index (χ1v) is 10.8. The molecule has 0 aliphatic carbocycles. The molecule has 0 aliphatic heterocycles. The third kappa shape index (κ3) is 4.05. The highest BCUT2D eigenvalue weighted by molar-refractivity contribution is 7.92. The molecular formula is C19H19NO4S2. The molecule has 0 radical (unpaired) electrons. The maximum Gasteiger partial charge on any atom is 0.327 e. The predicted molar refractivity (Wildman–Crippen MR) is 105 cm³/mol. The van der Waals surface area contributed by atoms with E-state index >= 15 is 0 Å². The zero-order valence-electron chi connectivity index (χ0n) is 14.2. The zero-order chi connectivity index (χ0) is 18.7. The minimum absolute atomic E-state index is 0.189. The molecule has 3 aromatic rings. The van der Waals surface area contributed by atoms with Crippen LogP contribution in [0.15, 0.2) is 60.0 Å². The fourth-order valence-electron chi connectivity index (χ4n) is 2.98. The standard InChI is InChI=1S/C19H19NO4S2/c1-26(23,24)20(16-8-10-18-15(13-16)11-12-25-18)17(19(21)22)9-7-14-5-3-2-4-6-14/h2-6,8,10-13,17H,7,9H2,1H3,(H,21,22). The van der Waals surface area contributed by atoms with E-state index < -0.39 is 22.0 Å². The lowest BCUT2D eigenvalue weighted by atomic mass is 10.0. The summed E-state index contributed by atoms with van der Waals surface area (Å²) >= 11 is 1.55. The third-order valence-electron chi connectivity index (χ3n) is 4.17. The third-order valence-corrected chi connectivity index (χ3v) is 6.24. The van der Waals surface area contributed by atoms with Gasteiger partial charge in [0.25, 0.3) is 0 Å². The van der Waals surface area contributed by atoms with Gasteiger partial charge in [0.2, 0.25) is 10.0 Å². The number of aryl methyl sites for hydroxylation is 1. The first kappa shape index (κ1) is 18.4. The monoisotopic (exact) mass is 389 g/mol. The highest BCUT2D eigenvalue weighted by atomic mass is 32.2. The summed E-state index contributed by atoms with van der Waals surface area (Å²) in [6.07, 6.45) is 1.71. The van der Waals surface area contributed by atoms with E-state index in [0.29, 0.717) is 12.1 Å². The summed E-state index contributed by atoms with van der Waals surface area (Å²) in [6.45, 7) is 0. The zero-order valence-corrected chi connectivity index (χ0v) is 15.8. The number of benzene rings is 2. The molecule has 1 heterocycles. The Kier molecular flexibility index (Phi) is 5.29. The molecule has 0 bridgehead atoms. The van der Waals surface area contributed by atoms with Crippen molar-refractivity contribution in [3.8, 4) is 0 Å². The van der Waals surface area contributed by atoms with Crippen molar-refractivity contribution in [1.29, 1.82) is 0 Å². The van der Waals surface area contributed by atoms with E-state index in [0.717, 1.165) is 26.2 Å². The van der Waals surface area contributed by atoms with E-state index in [4.69, 9.17) is 0 Å². The van der Waals surface area contributed by atoms with Crippen LogP contribution in [0.3, 0.4) is 0 Å². The lowest BCUT2D eigenvalue weighted by Crippen LogP contribution is -2.45. The van der Waals surface area contributed by atoms with Crippen LogP contribution in [0.25, 0.3) is 10.1 Å². The maximum absolute atomic E-state index is 12.4. The van der Waals surface area contributed by atoms with Crippen LogP contribution < -0.4 is 4.31 Å². The number of sulfonamides is 1. The minimum Gasteiger partial charge on any atom is -0.480 e. The highest BCUT2D eigenvalue weighted by Gasteiger charge is 2.32. The van der Waals surface area contributed by atoms with Gasteiger partial charge >= 0.3 is 5.97 Å². The predicted octanol–water partition coefficient (Wildman–Crippen LogP) is 3.75. The normalized spacial score (nSPS) is 12.8. The summed E-state index contributed by atoms with van der Waals surface area (Å²) < 4.78 is 26.9. The Bertz CT molecular complexity index is 1010. The largest absolute Gasteiger partial charge is 0.480 e. The number of anilines is 1. The molecule has 1 unspecified atom stereocenters. The second-order valence-electron chi connectivity index (χ2n) is 6.08. The number of nitrogens with zero attached hydrogens (tertiary/aromatic N) is 1. The van der Waals surface area contributed by atoms with Crippen molar-refractivity contribution in [2.24, 2.45) is 0 Å². The Morgan fingerprint density at radius 3 is 2.54 bits per heavy atom. The smallest absolute Gasteiger partial charge is 0.327 e. The lowest BCUT2D eigenvalue weighted by Gasteiger charge is -2.29. The number of rotatable bonds is 7. The van der Waals surface area contributed by atoms with E-state index in [1.807, 2.05) is 47.8 Å². The van der Waals surface area contributed by atoms with Crippen molar-refractivity contribution in [2.75, 3.05) is 10.6 Å². The molecule has 1 N–H and O–H groups in total. The van der Waals surface area contributed by atoms with Gasteiger partial charge in [-0.15, -0.1) is 11.3 Å². The Morgan fingerprint density at radius 2 is 1.88 bits per heavy atom. The second-order valence-corrected chi connectivity index (χ2v) is 8.89. The summed E-state index contributed by atoms with van der Waals surface area (Å²) in [6, 6.07) is 15.4. The van der Waals surface area contributed by atoms with Crippen molar-refractivity contribution in [3.63, 3.8) is 0 Å². The molecule has 0 saturated heterocycles. The number of carbonyl (C=O) groups is 1. The lowest BCUT2D eigenvalue weighted by molar-refractivity contribution is -0.138. The molecule has 0 aliphatic rings. The Labute approximate surface area is 156 Å². The fourth-order valence-corrected chi connectivity index (χ4v) is 4.91. The van der Waals surface area contributed by atoms with Gasteiger partial charge in [-0.25, -0.2) is 13.2 Å². The van der Waals surface area contributed by atoms with Gasteiger partial charge in [-0.3, -0.25) is 4.31 Å². The van der Waals surface area contributed by atoms with Crippen molar-refractivity contribution in [2.45, 2.75) is 18.9 Å². The van der Waals surface area contributed by atoms with Crippen LogP contribution in [0.2, 0.25) is 0 Å². The molecule has 1 atom stereocenters. The summed E-state index contributed by atoms with van der Waals surface area (Å²) in [5.41, 5.74) is 1.35. The van der Waals surface area contributed by atoms with E-state index in [2.05, 4.69) is 0 Å². The topological polar surface area (TPSA) is 74.7 Å². The summed E-state index contributed by atoms with van der Waals surface area (Å²) in [7, 11) is -3.76. The molecule has 136 valence electrons. The van der Waals surface area contributed by atoms with Crippen molar-refractivity contribution in [3.05, 3.63) is 65.5 Å². The molecule has 5 nitrogen and oxygen atoms in total. The summed E-state index contributed by atoms with van der Waals surface area (Å²) in [5, 5.41) is 12.5. The average molecular weight is 389 g/mol. The number of fused-ring (bicyclic) bond motifs is 1. The van der Waals surface area contributed by atoms with Gasteiger partial charge in [-0.1, -0.05) is 30.3 Å². The van der Waals surface area contributed by atoms with Crippen LogP contribution in [-0.2, 0) is 21.2 Å². The van der Waals surface area contributed by atoms with E-state index in [1.54, 1.807) is 23.5 Å². The molecule has 1 aromatic heterocycles. The first-order valence-electron chi connectivity index (χ1n) is 8.09. The van der Waals surface area contributed by atoms with Crippen LogP contribution in [0, 0.1) is 0 Å². The van der Waals surface area contributed by atoms with Crippen molar-refractivity contribution < 1.29 is 18.3 Å². The number of aliphatic carboxylic acids is 1. The van der Waals surface area contributed by atoms with Gasteiger partial charge in [0.05, 0.1) is 11.9 Å². The van der Waals surface area contributed by atoms with E-state index in [1.165, 1.54) is 0 Å². The van der Waals surface area contributed by atoms with Gasteiger partial charge in [-0.2, -0.15) is 0 Å². The Balaban J connectivity index is 1.96. The van der Waals surface area contributed by atoms with Crippen molar-refractivity contribution >= 4 is 43.1 Å². The minimum atomic E-state index is -3.76. The van der Waals surface area contributed by atoms with Crippen molar-refractivity contribution in [1.82, 2.24) is 0 Å². The molecule has 0 fully saturated rings. The molecule has 2 aromatic carbocycles. The number of thiophene rings is 1. The summed E-state index contributed by atoms with van der Waals surface area (Å²) in [5.74, 6) is -1.16. The quantitative estimate of drug-likeness (QED) is 0.668. The number of hydrogen-bond donors (Lipinski definition) is 1. The number of hydrogen-bond acceptors (Lipinski definition) is 4. The van der Waals surface area contributed by atoms with Crippen LogP contribution >= 0.6 is 11.3 Å². The Morgan fingerprint density at radius 1 is 1.15 bits per heavy atom. The molecule has 0 amide bonds. The van der Waals surface area contributed by atoms with Crippen LogP contribution in [0.1, 0.15) is 12.0 Å². The van der Waals surface area contributed by atoms with Gasteiger partial charge in [0.15, 0.2) is 0 Å². The maximum atomic E-state index is 12.4.